The highest BCUT2D eigenvalue weighted by molar-refractivity contribution is 6.04. The Hall–Kier alpha value is -0.185. The third-order valence-electron chi connectivity index (χ3n) is 0.741. The van der Waals surface area contributed by atoms with Crippen LogP contribution in [0.15, 0.2) is 0 Å². The quantitative estimate of drug-likeness (QED) is 0.503. The Kier molecular flexibility index (Phi) is 2.34. The molecule has 1 unspecified atom stereocenters. The summed E-state index contributed by atoms with van der Waals surface area (Å²) < 4.78 is 33.9. The molecule has 0 aliphatic heterocycles. The Labute approximate surface area is 46.7 Å². The predicted molar refractivity (Wildman–Crippen MR) is 24.4 cm³/mol. The fourth-order valence-electron chi connectivity index (χ4n) is 0.0945. The number of rotatable bonds is 1. The lowest BCUT2D eigenvalue weighted by atomic mass is 10.2. The first kappa shape index (κ1) is 7.81. The highest BCUT2D eigenvalue weighted by Gasteiger charge is 2.33. The molecule has 0 heterocycles. The zero-order chi connectivity index (χ0) is 6.78. The van der Waals surface area contributed by atoms with E-state index in [4.69, 9.17) is 0 Å². The van der Waals surface area contributed by atoms with Gasteiger partial charge < -0.3 is 5.23 Å². The summed E-state index contributed by atoms with van der Waals surface area (Å²) >= 11 is 0. The van der Waals surface area contributed by atoms with Crippen LogP contribution in [-0.2, 0) is 0 Å². The van der Waals surface area contributed by atoms with Crippen molar-refractivity contribution in [2.75, 3.05) is 0 Å². The van der Waals surface area contributed by atoms with Crippen LogP contribution in [0.4, 0.5) is 13.2 Å². The lowest BCUT2D eigenvalue weighted by Gasteiger charge is -2.13. The molecule has 5 heteroatoms. The molecular weight excluding hydrogens is 118 g/mol. The SMILES string of the molecule is [B]NC(C)C(F)(F)F. The zero-order valence-electron chi connectivity index (χ0n) is 4.29. The van der Waals surface area contributed by atoms with Crippen molar-refractivity contribution in [1.29, 1.82) is 0 Å². The number of hydrogen-bond acceptors (Lipinski definition) is 1. The van der Waals surface area contributed by atoms with Crippen LogP contribution >= 0.6 is 0 Å². The van der Waals surface area contributed by atoms with Crippen molar-refractivity contribution in [2.45, 2.75) is 19.1 Å². The number of alkyl halides is 3. The summed E-state index contributed by atoms with van der Waals surface area (Å²) in [7, 11) is 4.49. The van der Waals surface area contributed by atoms with Gasteiger partial charge in [-0.3, -0.25) is 0 Å². The van der Waals surface area contributed by atoms with Gasteiger partial charge in [-0.25, -0.2) is 0 Å². The topological polar surface area (TPSA) is 12.0 Å². The molecule has 0 fully saturated rings. The molecule has 0 rings (SSSR count). The van der Waals surface area contributed by atoms with Crippen molar-refractivity contribution >= 4 is 7.98 Å². The largest absolute Gasteiger partial charge is 0.402 e. The second-order valence-electron chi connectivity index (χ2n) is 1.43. The van der Waals surface area contributed by atoms with Gasteiger partial charge in [-0.1, -0.05) is 0 Å². The summed E-state index contributed by atoms with van der Waals surface area (Å²) in [6.45, 7) is 0.944. The minimum absolute atomic E-state index is 0.944. The maximum absolute atomic E-state index is 11.3. The van der Waals surface area contributed by atoms with E-state index in [0.29, 0.717) is 0 Å². The molecule has 1 N–H and O–H groups in total. The van der Waals surface area contributed by atoms with E-state index in [1.165, 1.54) is 0 Å². The molecule has 0 amide bonds. The molecular formula is C3H5BF3N. The zero-order valence-corrected chi connectivity index (χ0v) is 4.29. The van der Waals surface area contributed by atoms with Crippen molar-refractivity contribution in [3.05, 3.63) is 0 Å². The van der Waals surface area contributed by atoms with Crippen molar-refractivity contribution < 1.29 is 13.2 Å². The number of hydrogen-bond donors (Lipinski definition) is 1. The normalized spacial score (nSPS) is 16.0. The van der Waals surface area contributed by atoms with Crippen LogP contribution in [-0.4, -0.2) is 20.2 Å². The summed E-state index contributed by atoms with van der Waals surface area (Å²) in [5.41, 5.74) is 0. The van der Waals surface area contributed by atoms with E-state index in [1.807, 2.05) is 0 Å². The minimum atomic E-state index is -4.23. The van der Waals surface area contributed by atoms with E-state index in [2.05, 4.69) is 7.98 Å². The van der Waals surface area contributed by atoms with E-state index in [0.717, 1.165) is 6.92 Å². The molecule has 46 valence electrons. The van der Waals surface area contributed by atoms with Crippen molar-refractivity contribution in [1.82, 2.24) is 5.23 Å². The second-order valence-corrected chi connectivity index (χ2v) is 1.43. The third kappa shape index (κ3) is 2.21. The molecule has 0 bridgehead atoms. The van der Waals surface area contributed by atoms with Crippen LogP contribution in [0, 0.1) is 0 Å². The molecule has 0 saturated carbocycles. The molecule has 0 saturated heterocycles. The van der Waals surface area contributed by atoms with Crippen LogP contribution in [0.25, 0.3) is 0 Å². The summed E-state index contributed by atoms with van der Waals surface area (Å²) in [6, 6.07) is -1.62. The molecule has 0 aromatic carbocycles. The summed E-state index contributed by atoms with van der Waals surface area (Å²) in [6.07, 6.45) is -4.23. The van der Waals surface area contributed by atoms with E-state index in [9.17, 15) is 13.2 Å². The van der Waals surface area contributed by atoms with Crippen LogP contribution in [0.3, 0.4) is 0 Å². The van der Waals surface area contributed by atoms with Crippen LogP contribution in [0.1, 0.15) is 6.92 Å². The maximum atomic E-state index is 11.3. The maximum Gasteiger partial charge on any atom is 0.402 e. The monoisotopic (exact) mass is 123 g/mol. The first-order valence-corrected chi connectivity index (χ1v) is 2.01. The Morgan fingerprint density at radius 1 is 1.50 bits per heavy atom. The smallest absolute Gasteiger partial charge is 0.357 e. The third-order valence-corrected chi connectivity index (χ3v) is 0.741. The van der Waals surface area contributed by atoms with Gasteiger partial charge in [0.25, 0.3) is 0 Å². The van der Waals surface area contributed by atoms with Crippen LogP contribution in [0.5, 0.6) is 0 Å². The van der Waals surface area contributed by atoms with E-state index < -0.39 is 12.2 Å². The van der Waals surface area contributed by atoms with E-state index in [1.54, 1.807) is 5.23 Å². The van der Waals surface area contributed by atoms with Crippen LogP contribution < -0.4 is 5.23 Å². The summed E-state index contributed by atoms with van der Waals surface area (Å²) in [5.74, 6) is 0. The molecule has 8 heavy (non-hydrogen) atoms. The lowest BCUT2D eigenvalue weighted by molar-refractivity contribution is -0.147. The average molecular weight is 123 g/mol. The highest BCUT2D eigenvalue weighted by atomic mass is 19.4. The van der Waals surface area contributed by atoms with Gasteiger partial charge in [-0.2, -0.15) is 13.2 Å². The standard InChI is InChI=1S/C3H5BF3N/c1-2(8-4)3(5,6)7/h2,8H,1H3. The Bertz CT molecular complexity index is 71.4. The Balaban J connectivity index is 3.62. The summed E-state index contributed by atoms with van der Waals surface area (Å²) in [5, 5.41) is 1.58. The Morgan fingerprint density at radius 2 is 1.88 bits per heavy atom. The predicted octanol–water partition coefficient (Wildman–Crippen LogP) is 0.610. The van der Waals surface area contributed by atoms with Gasteiger partial charge in [0.2, 0.25) is 0 Å². The molecule has 0 aromatic heterocycles. The first-order chi connectivity index (χ1) is 3.48. The van der Waals surface area contributed by atoms with Gasteiger partial charge in [0, 0.05) is 0 Å². The highest BCUT2D eigenvalue weighted by Crippen LogP contribution is 2.18. The molecule has 1 nitrogen and oxygen atoms in total. The Morgan fingerprint density at radius 3 is 1.88 bits per heavy atom. The average Bonchev–Trinajstić information content (AvgIpc) is 1.62. The van der Waals surface area contributed by atoms with Crippen molar-refractivity contribution in [3.8, 4) is 0 Å². The van der Waals surface area contributed by atoms with Crippen molar-refractivity contribution in [2.24, 2.45) is 0 Å². The molecule has 0 aromatic rings. The number of halogens is 3. The lowest BCUT2D eigenvalue weighted by Crippen LogP contribution is -2.37. The summed E-state index contributed by atoms with van der Waals surface area (Å²) in [4.78, 5) is 0. The van der Waals surface area contributed by atoms with E-state index >= 15 is 0 Å². The molecule has 1 atom stereocenters. The number of nitrogens with one attached hydrogen (secondary N) is 1. The van der Waals surface area contributed by atoms with Gasteiger partial charge in [0.05, 0.1) is 6.04 Å². The molecule has 0 aliphatic carbocycles. The van der Waals surface area contributed by atoms with Crippen LogP contribution in [0.2, 0.25) is 0 Å². The first-order valence-electron chi connectivity index (χ1n) is 2.01. The van der Waals surface area contributed by atoms with Gasteiger partial charge in [0.1, 0.15) is 0 Å². The molecule has 2 radical (unpaired) electrons. The van der Waals surface area contributed by atoms with Crippen molar-refractivity contribution in [3.63, 3.8) is 0 Å². The minimum Gasteiger partial charge on any atom is -0.357 e. The fourth-order valence-corrected chi connectivity index (χ4v) is 0.0945. The van der Waals surface area contributed by atoms with Gasteiger partial charge in [-0.05, 0) is 6.92 Å². The molecule has 0 aliphatic rings. The van der Waals surface area contributed by atoms with E-state index in [-0.39, 0.29) is 0 Å². The van der Waals surface area contributed by atoms with Gasteiger partial charge in [-0.15, -0.1) is 0 Å². The van der Waals surface area contributed by atoms with Gasteiger partial charge in [0.15, 0.2) is 7.98 Å². The van der Waals surface area contributed by atoms with Gasteiger partial charge >= 0.3 is 6.18 Å². The second kappa shape index (κ2) is 2.39. The molecule has 0 spiro atoms. The fraction of sp³-hybridized carbons (Fsp3) is 1.00.